The molecule has 12 nitrogen and oxygen atoms in total. The number of rotatable bonds is 11. The Hall–Kier alpha value is -4.59. The zero-order valence-corrected chi connectivity index (χ0v) is 26.4. The van der Waals surface area contributed by atoms with Gasteiger partial charge in [-0.2, -0.15) is 9.97 Å². The lowest BCUT2D eigenvalue weighted by Crippen LogP contribution is -2.36. The van der Waals surface area contributed by atoms with E-state index in [0.29, 0.717) is 55.1 Å². The maximum absolute atomic E-state index is 12.8. The summed E-state index contributed by atoms with van der Waals surface area (Å²) in [5, 5.41) is 6.68. The van der Waals surface area contributed by atoms with Crippen LogP contribution >= 0.6 is 0 Å². The van der Waals surface area contributed by atoms with Crippen molar-refractivity contribution in [3.05, 3.63) is 77.9 Å². The minimum atomic E-state index is -3.72. The van der Waals surface area contributed by atoms with Gasteiger partial charge in [0.05, 0.1) is 38.8 Å². The first-order valence-electron chi connectivity index (χ1n) is 14.7. The average Bonchev–Trinajstić information content (AvgIpc) is 3.48. The Morgan fingerprint density at radius 1 is 0.889 bits per heavy atom. The molecule has 3 aromatic carbocycles. The number of nitrogens with one attached hydrogen (secondary N) is 3. The number of nitrogens with zero attached hydrogens (tertiary/aromatic N) is 4. The van der Waals surface area contributed by atoms with Crippen molar-refractivity contribution < 1.29 is 22.6 Å². The summed E-state index contributed by atoms with van der Waals surface area (Å²) in [6.45, 7) is 4.36. The molecule has 0 spiro atoms. The molecule has 6 rings (SSSR count). The molecule has 236 valence electrons. The van der Waals surface area contributed by atoms with E-state index in [4.69, 9.17) is 24.2 Å². The molecule has 45 heavy (non-hydrogen) atoms. The molecular formula is C32H37N7O5S. The van der Waals surface area contributed by atoms with E-state index in [0.717, 1.165) is 48.0 Å². The number of hydrogen-bond donors (Lipinski definition) is 3. The highest BCUT2D eigenvalue weighted by atomic mass is 32.2. The second-order valence-electron chi connectivity index (χ2n) is 10.7. The van der Waals surface area contributed by atoms with Gasteiger partial charge in [0.1, 0.15) is 28.0 Å². The number of aromatic nitrogens is 2. The van der Waals surface area contributed by atoms with Crippen LogP contribution < -0.4 is 34.6 Å². The lowest BCUT2D eigenvalue weighted by Gasteiger charge is -2.29. The van der Waals surface area contributed by atoms with Crippen LogP contribution in [0.15, 0.2) is 71.6 Å². The summed E-state index contributed by atoms with van der Waals surface area (Å²) in [6, 6.07) is 20.7. The predicted octanol–water partition coefficient (Wildman–Crippen LogP) is 4.29. The number of fused-ring (bicyclic) bond motifs is 1. The van der Waals surface area contributed by atoms with Crippen molar-refractivity contribution in [2.24, 2.45) is 0 Å². The van der Waals surface area contributed by atoms with E-state index >= 15 is 0 Å². The zero-order valence-electron chi connectivity index (χ0n) is 25.5. The van der Waals surface area contributed by atoms with Gasteiger partial charge < -0.3 is 34.6 Å². The minimum Gasteiger partial charge on any atom is -0.497 e. The van der Waals surface area contributed by atoms with E-state index in [1.807, 2.05) is 42.5 Å². The van der Waals surface area contributed by atoms with E-state index in [1.165, 1.54) is 7.05 Å². The number of sulfonamides is 1. The standard InChI is InChI=1S/C32H37N7O5S/c1-33-45(40,41)29-7-5-4-6-27(29)34-30-25-14-15-39(21-22-8-11-24(42-2)12-9-22)31(25)37-32(36-30)35-26-13-10-23(20-28(26)43-3)38-16-18-44-19-17-38/h4-13,20,33H,14-19,21H2,1-3H3,(H2,34,35,36,37). The van der Waals surface area contributed by atoms with Gasteiger partial charge in [0.15, 0.2) is 0 Å². The molecule has 0 aliphatic carbocycles. The number of morpholine rings is 1. The number of para-hydroxylation sites is 1. The van der Waals surface area contributed by atoms with Crippen LogP contribution in [0.3, 0.4) is 0 Å². The molecule has 2 aliphatic heterocycles. The van der Waals surface area contributed by atoms with Crippen LogP contribution in [0.25, 0.3) is 0 Å². The van der Waals surface area contributed by atoms with Crippen LogP contribution in [-0.4, -0.2) is 72.5 Å². The molecule has 4 aromatic rings. The van der Waals surface area contributed by atoms with Crippen molar-refractivity contribution >= 4 is 44.7 Å². The number of benzene rings is 3. The van der Waals surface area contributed by atoms with Gasteiger partial charge in [0, 0.05) is 43.5 Å². The van der Waals surface area contributed by atoms with Gasteiger partial charge in [0.25, 0.3) is 0 Å². The average molecular weight is 632 g/mol. The lowest BCUT2D eigenvalue weighted by molar-refractivity contribution is 0.122. The number of ether oxygens (including phenoxy) is 3. The fourth-order valence-corrected chi connectivity index (χ4v) is 6.43. The molecule has 0 atom stereocenters. The first-order valence-corrected chi connectivity index (χ1v) is 16.2. The van der Waals surface area contributed by atoms with Gasteiger partial charge in [-0.25, -0.2) is 13.1 Å². The third kappa shape index (κ3) is 6.60. The van der Waals surface area contributed by atoms with Crippen molar-refractivity contribution in [1.82, 2.24) is 14.7 Å². The molecule has 0 unspecified atom stereocenters. The zero-order chi connectivity index (χ0) is 31.4. The Morgan fingerprint density at radius 2 is 1.67 bits per heavy atom. The molecule has 0 saturated carbocycles. The smallest absolute Gasteiger partial charge is 0.242 e. The highest BCUT2D eigenvalue weighted by Crippen LogP contribution is 2.38. The maximum atomic E-state index is 12.8. The highest BCUT2D eigenvalue weighted by Gasteiger charge is 2.28. The maximum Gasteiger partial charge on any atom is 0.242 e. The molecular weight excluding hydrogens is 594 g/mol. The molecule has 3 heterocycles. The molecule has 13 heteroatoms. The number of methoxy groups -OCH3 is 2. The molecule has 3 N–H and O–H groups in total. The van der Waals surface area contributed by atoms with E-state index in [-0.39, 0.29) is 4.90 Å². The third-order valence-electron chi connectivity index (χ3n) is 7.96. The molecule has 1 fully saturated rings. The first-order chi connectivity index (χ1) is 21.9. The summed E-state index contributed by atoms with van der Waals surface area (Å²) in [5.74, 6) is 3.10. The Labute approximate surface area is 263 Å². The first kappa shape index (κ1) is 30.4. The molecule has 2 aliphatic rings. The van der Waals surface area contributed by atoms with Gasteiger partial charge in [-0.3, -0.25) is 0 Å². The van der Waals surface area contributed by atoms with Crippen LogP contribution in [0.1, 0.15) is 11.1 Å². The van der Waals surface area contributed by atoms with Crippen LogP contribution in [0, 0.1) is 0 Å². The van der Waals surface area contributed by atoms with Crippen LogP contribution in [-0.2, 0) is 27.7 Å². The topological polar surface area (TPSA) is 130 Å². The van der Waals surface area contributed by atoms with E-state index in [1.54, 1.807) is 38.5 Å². The summed E-state index contributed by atoms with van der Waals surface area (Å²) in [7, 11) is 0.957. The molecule has 0 amide bonds. The molecule has 1 saturated heterocycles. The van der Waals surface area contributed by atoms with Crippen molar-refractivity contribution in [3.63, 3.8) is 0 Å². The summed E-state index contributed by atoms with van der Waals surface area (Å²) >= 11 is 0. The summed E-state index contributed by atoms with van der Waals surface area (Å²) in [4.78, 5) is 14.4. The van der Waals surface area contributed by atoms with Crippen LogP contribution in [0.2, 0.25) is 0 Å². The third-order valence-corrected chi connectivity index (χ3v) is 9.43. The Kier molecular flexibility index (Phi) is 8.92. The van der Waals surface area contributed by atoms with Crippen LogP contribution in [0.4, 0.5) is 34.6 Å². The summed E-state index contributed by atoms with van der Waals surface area (Å²) in [5.41, 5.74) is 4.18. The number of hydrogen-bond acceptors (Lipinski definition) is 11. The Morgan fingerprint density at radius 3 is 2.40 bits per heavy atom. The molecule has 1 aromatic heterocycles. The second-order valence-corrected chi connectivity index (χ2v) is 12.5. The van der Waals surface area contributed by atoms with E-state index in [2.05, 4.69) is 25.2 Å². The quantitative estimate of drug-likeness (QED) is 0.219. The van der Waals surface area contributed by atoms with Crippen LogP contribution in [0.5, 0.6) is 11.5 Å². The van der Waals surface area contributed by atoms with Gasteiger partial charge in [-0.15, -0.1) is 0 Å². The van der Waals surface area contributed by atoms with Crippen molar-refractivity contribution in [3.8, 4) is 11.5 Å². The van der Waals surface area contributed by atoms with E-state index < -0.39 is 10.0 Å². The minimum absolute atomic E-state index is 0.128. The Balaban J connectivity index is 1.37. The van der Waals surface area contributed by atoms with Gasteiger partial charge in [-0.1, -0.05) is 24.3 Å². The van der Waals surface area contributed by atoms with Gasteiger partial charge in [0.2, 0.25) is 16.0 Å². The largest absolute Gasteiger partial charge is 0.497 e. The number of anilines is 6. The Bertz CT molecular complexity index is 1760. The van der Waals surface area contributed by atoms with Gasteiger partial charge in [-0.05, 0) is 55.4 Å². The molecule has 0 radical (unpaired) electrons. The summed E-state index contributed by atoms with van der Waals surface area (Å²) in [6.07, 6.45) is 0.687. The van der Waals surface area contributed by atoms with Crippen molar-refractivity contribution in [1.29, 1.82) is 0 Å². The van der Waals surface area contributed by atoms with E-state index in [9.17, 15) is 8.42 Å². The normalized spacial score (nSPS) is 14.6. The van der Waals surface area contributed by atoms with Crippen molar-refractivity contribution in [2.75, 3.05) is 74.5 Å². The highest BCUT2D eigenvalue weighted by molar-refractivity contribution is 7.89. The lowest BCUT2D eigenvalue weighted by atomic mass is 10.2. The second kappa shape index (κ2) is 13.2. The van der Waals surface area contributed by atoms with Gasteiger partial charge >= 0.3 is 0 Å². The summed E-state index contributed by atoms with van der Waals surface area (Å²) < 4.78 is 44.7. The fraction of sp³-hybridized carbons (Fsp3) is 0.312. The predicted molar refractivity (Wildman–Crippen MR) is 175 cm³/mol. The SMILES string of the molecule is CNS(=O)(=O)c1ccccc1Nc1nc(Nc2ccc(N3CCOCC3)cc2OC)nc2c1CCN2Cc1ccc(OC)cc1. The molecule has 0 bridgehead atoms. The fourth-order valence-electron chi connectivity index (χ4n) is 5.54. The monoisotopic (exact) mass is 631 g/mol. The van der Waals surface area contributed by atoms with Crippen molar-refractivity contribution in [2.45, 2.75) is 17.9 Å².